The first-order chi connectivity index (χ1) is 9.25. The zero-order chi connectivity index (χ0) is 13.2. The highest BCUT2D eigenvalue weighted by Crippen LogP contribution is 2.30. The Hall–Kier alpha value is -1.77. The zero-order valence-corrected chi connectivity index (χ0v) is 11.7. The summed E-state index contributed by atoms with van der Waals surface area (Å²) in [6, 6.07) is 7.00. The van der Waals surface area contributed by atoms with Crippen molar-refractivity contribution in [2.24, 2.45) is 0 Å². The summed E-state index contributed by atoms with van der Waals surface area (Å²) in [6.45, 7) is 4.35. The van der Waals surface area contributed by atoms with Crippen LogP contribution in [0.4, 0.5) is 11.6 Å². The molecule has 1 N–H and O–H groups in total. The van der Waals surface area contributed by atoms with Gasteiger partial charge in [-0.05, 0) is 56.7 Å². The fraction of sp³-hybridized carbons (Fsp3) is 0.438. The van der Waals surface area contributed by atoms with Gasteiger partial charge in [-0.1, -0.05) is 12.1 Å². The molecule has 3 nitrogen and oxygen atoms in total. The molecule has 2 aromatic rings. The van der Waals surface area contributed by atoms with E-state index >= 15 is 0 Å². The summed E-state index contributed by atoms with van der Waals surface area (Å²) in [4.78, 5) is 4.43. The van der Waals surface area contributed by atoms with E-state index in [1.165, 1.54) is 42.5 Å². The molecule has 3 heteroatoms. The Morgan fingerprint density at radius 3 is 2.89 bits per heavy atom. The van der Waals surface area contributed by atoms with Gasteiger partial charge in [-0.25, -0.2) is 4.98 Å². The van der Waals surface area contributed by atoms with Crippen LogP contribution in [0.15, 0.2) is 30.6 Å². The van der Waals surface area contributed by atoms with E-state index in [1.54, 1.807) is 0 Å². The Morgan fingerprint density at radius 2 is 2.05 bits per heavy atom. The molecule has 100 valence electrons. The largest absolute Gasteiger partial charge is 0.325 e. The standard InChI is InChI=1S/C16H21N3/c1-12(2)19-11-10-17-16(19)18-15-9-5-7-13-6-3-4-8-14(13)15/h5,7,9-12H,3-4,6,8H2,1-2H3,(H,17,18). The quantitative estimate of drug-likeness (QED) is 0.895. The van der Waals surface area contributed by atoms with Crippen LogP contribution in [0, 0.1) is 0 Å². The van der Waals surface area contributed by atoms with Gasteiger partial charge in [-0.2, -0.15) is 0 Å². The van der Waals surface area contributed by atoms with E-state index in [0.29, 0.717) is 6.04 Å². The molecule has 1 heterocycles. The van der Waals surface area contributed by atoms with Crippen LogP contribution in [0.3, 0.4) is 0 Å². The molecule has 1 aromatic carbocycles. The van der Waals surface area contributed by atoms with Gasteiger partial charge in [0.1, 0.15) is 0 Å². The minimum atomic E-state index is 0.421. The first kappa shape index (κ1) is 12.3. The summed E-state index contributed by atoms with van der Waals surface area (Å²) in [5, 5.41) is 3.51. The molecule has 1 aliphatic carbocycles. The molecule has 0 amide bonds. The van der Waals surface area contributed by atoms with Gasteiger partial charge in [0.2, 0.25) is 5.95 Å². The van der Waals surface area contributed by atoms with Crippen LogP contribution in [-0.2, 0) is 12.8 Å². The minimum Gasteiger partial charge on any atom is -0.325 e. The van der Waals surface area contributed by atoms with Crippen LogP contribution < -0.4 is 5.32 Å². The Bertz CT molecular complexity index is 569. The average Bonchev–Trinajstić information content (AvgIpc) is 2.87. The zero-order valence-electron chi connectivity index (χ0n) is 11.7. The lowest BCUT2D eigenvalue weighted by atomic mass is 9.90. The van der Waals surface area contributed by atoms with Crippen molar-refractivity contribution in [2.45, 2.75) is 45.6 Å². The van der Waals surface area contributed by atoms with Crippen LogP contribution in [0.5, 0.6) is 0 Å². The number of fused-ring (bicyclic) bond motifs is 1. The first-order valence-corrected chi connectivity index (χ1v) is 7.16. The Morgan fingerprint density at radius 1 is 1.21 bits per heavy atom. The molecule has 19 heavy (non-hydrogen) atoms. The van der Waals surface area contributed by atoms with E-state index in [9.17, 15) is 0 Å². The lowest BCUT2D eigenvalue weighted by Crippen LogP contribution is -2.09. The third-order valence-corrected chi connectivity index (χ3v) is 3.87. The fourth-order valence-electron chi connectivity index (χ4n) is 2.85. The van der Waals surface area contributed by atoms with Gasteiger partial charge < -0.3 is 9.88 Å². The summed E-state index contributed by atoms with van der Waals surface area (Å²) in [6.07, 6.45) is 8.89. The molecule has 0 unspecified atom stereocenters. The van der Waals surface area contributed by atoms with Crippen molar-refractivity contribution in [3.63, 3.8) is 0 Å². The van der Waals surface area contributed by atoms with Crippen molar-refractivity contribution in [1.82, 2.24) is 9.55 Å². The Labute approximate surface area is 114 Å². The number of rotatable bonds is 3. The van der Waals surface area contributed by atoms with E-state index in [0.717, 1.165) is 5.95 Å². The van der Waals surface area contributed by atoms with Gasteiger partial charge >= 0.3 is 0 Å². The van der Waals surface area contributed by atoms with E-state index in [4.69, 9.17) is 0 Å². The van der Waals surface area contributed by atoms with Crippen LogP contribution in [0.2, 0.25) is 0 Å². The lowest BCUT2D eigenvalue weighted by molar-refractivity contribution is 0.607. The second kappa shape index (κ2) is 5.08. The second-order valence-electron chi connectivity index (χ2n) is 5.53. The Kier molecular flexibility index (Phi) is 3.28. The van der Waals surface area contributed by atoms with Crippen molar-refractivity contribution in [3.05, 3.63) is 41.7 Å². The van der Waals surface area contributed by atoms with E-state index in [1.807, 2.05) is 12.4 Å². The molecule has 0 spiro atoms. The van der Waals surface area contributed by atoms with Crippen molar-refractivity contribution in [3.8, 4) is 0 Å². The minimum absolute atomic E-state index is 0.421. The number of imidazole rings is 1. The topological polar surface area (TPSA) is 29.9 Å². The Balaban J connectivity index is 1.93. The summed E-state index contributed by atoms with van der Waals surface area (Å²) in [7, 11) is 0. The molecule has 0 saturated heterocycles. The molecule has 0 saturated carbocycles. The number of hydrogen-bond donors (Lipinski definition) is 1. The molecule has 0 radical (unpaired) electrons. The molecule has 0 atom stereocenters. The third-order valence-electron chi connectivity index (χ3n) is 3.87. The summed E-state index contributed by atoms with van der Waals surface area (Å²) < 4.78 is 2.17. The predicted octanol–water partition coefficient (Wildman–Crippen LogP) is 4.09. The number of nitrogens with zero attached hydrogens (tertiary/aromatic N) is 2. The number of anilines is 2. The van der Waals surface area contributed by atoms with Crippen molar-refractivity contribution < 1.29 is 0 Å². The van der Waals surface area contributed by atoms with Crippen LogP contribution in [-0.4, -0.2) is 9.55 Å². The second-order valence-corrected chi connectivity index (χ2v) is 5.53. The van der Waals surface area contributed by atoms with E-state index in [2.05, 4.69) is 46.9 Å². The van der Waals surface area contributed by atoms with Gasteiger partial charge in [0.25, 0.3) is 0 Å². The van der Waals surface area contributed by atoms with Crippen LogP contribution >= 0.6 is 0 Å². The SMILES string of the molecule is CC(C)n1ccnc1Nc1cccc2c1CCCC2. The van der Waals surface area contributed by atoms with Gasteiger partial charge in [0.05, 0.1) is 0 Å². The number of benzene rings is 1. The highest BCUT2D eigenvalue weighted by atomic mass is 15.2. The number of aryl methyl sites for hydroxylation is 1. The molecule has 0 bridgehead atoms. The normalized spacial score (nSPS) is 14.5. The predicted molar refractivity (Wildman–Crippen MR) is 79.0 cm³/mol. The van der Waals surface area contributed by atoms with E-state index < -0.39 is 0 Å². The molecular formula is C16H21N3. The van der Waals surface area contributed by atoms with E-state index in [-0.39, 0.29) is 0 Å². The van der Waals surface area contributed by atoms with Crippen molar-refractivity contribution in [1.29, 1.82) is 0 Å². The van der Waals surface area contributed by atoms with Gasteiger partial charge in [0.15, 0.2) is 0 Å². The molecule has 3 rings (SSSR count). The van der Waals surface area contributed by atoms with Crippen LogP contribution in [0.1, 0.15) is 43.9 Å². The smallest absolute Gasteiger partial charge is 0.207 e. The molecular weight excluding hydrogens is 234 g/mol. The molecule has 1 aromatic heterocycles. The lowest BCUT2D eigenvalue weighted by Gasteiger charge is -2.20. The summed E-state index contributed by atoms with van der Waals surface area (Å²) >= 11 is 0. The molecule has 0 aliphatic heterocycles. The maximum absolute atomic E-state index is 4.43. The van der Waals surface area contributed by atoms with Gasteiger partial charge in [0, 0.05) is 24.1 Å². The van der Waals surface area contributed by atoms with Crippen LogP contribution in [0.25, 0.3) is 0 Å². The fourth-order valence-corrected chi connectivity index (χ4v) is 2.85. The highest BCUT2D eigenvalue weighted by molar-refractivity contribution is 5.61. The first-order valence-electron chi connectivity index (χ1n) is 7.16. The molecule has 0 fully saturated rings. The highest BCUT2D eigenvalue weighted by Gasteiger charge is 2.14. The van der Waals surface area contributed by atoms with Crippen molar-refractivity contribution in [2.75, 3.05) is 5.32 Å². The number of aromatic nitrogens is 2. The summed E-state index contributed by atoms with van der Waals surface area (Å²) in [5.41, 5.74) is 4.20. The number of hydrogen-bond acceptors (Lipinski definition) is 2. The third kappa shape index (κ3) is 2.37. The maximum atomic E-state index is 4.43. The molecule has 1 aliphatic rings. The van der Waals surface area contributed by atoms with Gasteiger partial charge in [-0.3, -0.25) is 0 Å². The maximum Gasteiger partial charge on any atom is 0.207 e. The van der Waals surface area contributed by atoms with Crippen molar-refractivity contribution >= 4 is 11.6 Å². The number of nitrogens with one attached hydrogen (secondary N) is 1. The average molecular weight is 255 g/mol. The monoisotopic (exact) mass is 255 g/mol. The van der Waals surface area contributed by atoms with Gasteiger partial charge in [-0.15, -0.1) is 0 Å². The summed E-state index contributed by atoms with van der Waals surface area (Å²) in [5.74, 6) is 0.939.